The lowest BCUT2D eigenvalue weighted by Gasteiger charge is -2.39. The van der Waals surface area contributed by atoms with Crippen molar-refractivity contribution in [3.8, 4) is 16.9 Å². The van der Waals surface area contributed by atoms with Crippen LogP contribution in [0.15, 0.2) is 53.2 Å². The van der Waals surface area contributed by atoms with Crippen LogP contribution >= 0.6 is 11.3 Å². The number of ether oxygens (including phenoxy) is 1. The van der Waals surface area contributed by atoms with Gasteiger partial charge in [0.2, 0.25) is 0 Å². The molecule has 1 saturated carbocycles. The normalized spacial score (nSPS) is 21.0. The molecule has 1 fully saturated rings. The number of aryl methyl sites for hydroxylation is 1. The van der Waals surface area contributed by atoms with E-state index in [9.17, 15) is 0 Å². The van der Waals surface area contributed by atoms with Gasteiger partial charge in [-0.25, -0.2) is 0 Å². The zero-order chi connectivity index (χ0) is 19.8. The SMILES string of the molecule is Cc1cc(CCOc2ccc3c(c2)CN([C@H]2C[C@H](C)C2)C3)ccc1-c1ccsc1. The fraction of sp³-hybridized carbons (Fsp3) is 0.385. The molecule has 29 heavy (non-hydrogen) atoms. The molecule has 0 N–H and O–H groups in total. The first kappa shape index (κ1) is 18.9. The summed E-state index contributed by atoms with van der Waals surface area (Å²) >= 11 is 1.75. The quantitative estimate of drug-likeness (QED) is 0.468. The smallest absolute Gasteiger partial charge is 0.119 e. The Balaban J connectivity index is 1.17. The maximum Gasteiger partial charge on any atom is 0.119 e. The van der Waals surface area contributed by atoms with Gasteiger partial charge in [0.1, 0.15) is 5.75 Å². The van der Waals surface area contributed by atoms with Gasteiger partial charge in [-0.05, 0) is 88.0 Å². The van der Waals surface area contributed by atoms with E-state index in [2.05, 4.69) is 72.0 Å². The monoisotopic (exact) mass is 403 g/mol. The largest absolute Gasteiger partial charge is 0.493 e. The molecule has 3 aromatic rings. The molecule has 1 aromatic heterocycles. The van der Waals surface area contributed by atoms with Crippen molar-refractivity contribution in [1.29, 1.82) is 0 Å². The Morgan fingerprint density at radius 1 is 1.03 bits per heavy atom. The molecule has 2 heterocycles. The van der Waals surface area contributed by atoms with Crippen molar-refractivity contribution in [2.45, 2.75) is 52.2 Å². The molecule has 2 aromatic carbocycles. The molecule has 1 aliphatic carbocycles. The van der Waals surface area contributed by atoms with Gasteiger partial charge >= 0.3 is 0 Å². The molecule has 0 amide bonds. The van der Waals surface area contributed by atoms with Crippen molar-refractivity contribution in [2.24, 2.45) is 5.92 Å². The van der Waals surface area contributed by atoms with E-state index in [1.54, 1.807) is 11.3 Å². The van der Waals surface area contributed by atoms with Gasteiger partial charge in [-0.3, -0.25) is 4.90 Å². The van der Waals surface area contributed by atoms with E-state index in [-0.39, 0.29) is 0 Å². The van der Waals surface area contributed by atoms with E-state index >= 15 is 0 Å². The number of hydrogen-bond acceptors (Lipinski definition) is 3. The molecular formula is C26H29NOS. The van der Waals surface area contributed by atoms with E-state index < -0.39 is 0 Å². The highest BCUT2D eigenvalue weighted by molar-refractivity contribution is 7.08. The van der Waals surface area contributed by atoms with Gasteiger partial charge in [0.25, 0.3) is 0 Å². The molecule has 0 atom stereocenters. The molecule has 5 rings (SSSR count). The molecule has 2 aliphatic rings. The van der Waals surface area contributed by atoms with Crippen molar-refractivity contribution in [3.05, 3.63) is 75.5 Å². The van der Waals surface area contributed by atoms with Crippen LogP contribution in [0.4, 0.5) is 0 Å². The molecule has 0 radical (unpaired) electrons. The third kappa shape index (κ3) is 3.99. The fourth-order valence-corrected chi connectivity index (χ4v) is 5.47. The Bertz CT molecular complexity index is 988. The summed E-state index contributed by atoms with van der Waals surface area (Å²) < 4.78 is 6.11. The topological polar surface area (TPSA) is 12.5 Å². The Hall–Kier alpha value is -2.10. The Labute approximate surface area is 178 Å². The minimum absolute atomic E-state index is 0.722. The van der Waals surface area contributed by atoms with Gasteiger partial charge in [0.05, 0.1) is 6.61 Å². The summed E-state index contributed by atoms with van der Waals surface area (Å²) in [4.78, 5) is 2.65. The van der Waals surface area contributed by atoms with Crippen LogP contribution in [0.2, 0.25) is 0 Å². The molecule has 3 heteroatoms. The maximum atomic E-state index is 6.11. The first-order chi connectivity index (χ1) is 14.2. The number of hydrogen-bond donors (Lipinski definition) is 0. The van der Waals surface area contributed by atoms with Crippen LogP contribution in [0.3, 0.4) is 0 Å². The molecular weight excluding hydrogens is 374 g/mol. The second kappa shape index (κ2) is 7.97. The summed E-state index contributed by atoms with van der Waals surface area (Å²) in [5, 5.41) is 4.35. The second-order valence-electron chi connectivity index (χ2n) is 8.83. The van der Waals surface area contributed by atoms with E-state index in [4.69, 9.17) is 4.74 Å². The van der Waals surface area contributed by atoms with E-state index in [0.29, 0.717) is 0 Å². The zero-order valence-corrected chi connectivity index (χ0v) is 18.2. The van der Waals surface area contributed by atoms with Crippen molar-refractivity contribution >= 4 is 11.3 Å². The number of benzene rings is 2. The number of fused-ring (bicyclic) bond motifs is 1. The number of nitrogens with zero attached hydrogens (tertiary/aromatic N) is 1. The molecule has 0 spiro atoms. The van der Waals surface area contributed by atoms with E-state index in [1.807, 2.05) is 0 Å². The average molecular weight is 404 g/mol. The van der Waals surface area contributed by atoms with Gasteiger partial charge in [0, 0.05) is 25.6 Å². The molecule has 150 valence electrons. The predicted octanol–water partition coefficient (Wildman–Crippen LogP) is 6.46. The number of thiophene rings is 1. The minimum Gasteiger partial charge on any atom is -0.493 e. The van der Waals surface area contributed by atoms with Crippen LogP contribution in [0, 0.1) is 12.8 Å². The molecule has 0 saturated heterocycles. The number of rotatable bonds is 6. The molecule has 1 aliphatic heterocycles. The summed E-state index contributed by atoms with van der Waals surface area (Å²) in [7, 11) is 0. The van der Waals surface area contributed by atoms with Gasteiger partial charge < -0.3 is 4.74 Å². The minimum atomic E-state index is 0.722. The van der Waals surface area contributed by atoms with Crippen molar-refractivity contribution in [2.75, 3.05) is 6.61 Å². The molecule has 0 bridgehead atoms. The fourth-order valence-electron chi connectivity index (χ4n) is 4.81. The summed E-state index contributed by atoms with van der Waals surface area (Å²) in [6.07, 6.45) is 3.66. The van der Waals surface area contributed by atoms with Gasteiger partial charge in [0.15, 0.2) is 0 Å². The van der Waals surface area contributed by atoms with Crippen LogP contribution in [0.1, 0.15) is 42.0 Å². The summed E-state index contributed by atoms with van der Waals surface area (Å²) in [6, 6.07) is 16.5. The third-order valence-electron chi connectivity index (χ3n) is 6.57. The lowest BCUT2D eigenvalue weighted by molar-refractivity contribution is 0.0842. The van der Waals surface area contributed by atoms with Crippen LogP contribution in [0.5, 0.6) is 5.75 Å². The van der Waals surface area contributed by atoms with E-state index in [1.165, 1.54) is 46.2 Å². The Morgan fingerprint density at radius 2 is 1.90 bits per heavy atom. The molecule has 2 nitrogen and oxygen atoms in total. The summed E-state index contributed by atoms with van der Waals surface area (Å²) in [6.45, 7) is 7.49. The van der Waals surface area contributed by atoms with Crippen LogP contribution in [0.25, 0.3) is 11.1 Å². The maximum absolute atomic E-state index is 6.11. The highest BCUT2D eigenvalue weighted by Gasteiger charge is 2.33. The highest BCUT2D eigenvalue weighted by atomic mass is 32.1. The first-order valence-corrected chi connectivity index (χ1v) is 11.7. The second-order valence-corrected chi connectivity index (χ2v) is 9.61. The van der Waals surface area contributed by atoms with Crippen molar-refractivity contribution in [3.63, 3.8) is 0 Å². The Kier molecular flexibility index (Phi) is 5.19. The molecule has 0 unspecified atom stereocenters. The van der Waals surface area contributed by atoms with Crippen LogP contribution in [-0.2, 0) is 19.5 Å². The van der Waals surface area contributed by atoms with Crippen LogP contribution < -0.4 is 4.74 Å². The standard InChI is InChI=1S/C26H29NOS/c1-18-11-24(12-18)27-15-21-4-5-25(14-23(21)16-27)28-9-7-20-3-6-26(19(2)13-20)22-8-10-29-17-22/h3-6,8,10,13-14,17-18,24H,7,9,11-12,15-16H2,1-2H3/t18-,24-. The predicted molar refractivity (Wildman–Crippen MR) is 122 cm³/mol. The first-order valence-electron chi connectivity index (χ1n) is 10.8. The lowest BCUT2D eigenvalue weighted by atomic mass is 9.81. The van der Waals surface area contributed by atoms with Crippen LogP contribution in [-0.4, -0.2) is 17.5 Å². The van der Waals surface area contributed by atoms with E-state index in [0.717, 1.165) is 43.8 Å². The lowest BCUT2D eigenvalue weighted by Crippen LogP contribution is -2.40. The average Bonchev–Trinajstić information content (AvgIpc) is 3.35. The third-order valence-corrected chi connectivity index (χ3v) is 7.26. The van der Waals surface area contributed by atoms with Gasteiger partial charge in [-0.1, -0.05) is 31.2 Å². The van der Waals surface area contributed by atoms with Crippen molar-refractivity contribution < 1.29 is 4.74 Å². The Morgan fingerprint density at radius 3 is 2.66 bits per heavy atom. The zero-order valence-electron chi connectivity index (χ0n) is 17.4. The highest BCUT2D eigenvalue weighted by Crippen LogP contribution is 2.37. The summed E-state index contributed by atoms with van der Waals surface area (Å²) in [5.41, 5.74) is 8.27. The van der Waals surface area contributed by atoms with Crippen molar-refractivity contribution in [1.82, 2.24) is 4.90 Å². The van der Waals surface area contributed by atoms with Gasteiger partial charge in [-0.2, -0.15) is 11.3 Å². The van der Waals surface area contributed by atoms with Gasteiger partial charge in [-0.15, -0.1) is 0 Å². The summed E-state index contributed by atoms with van der Waals surface area (Å²) in [5.74, 6) is 1.92.